The summed E-state index contributed by atoms with van der Waals surface area (Å²) in [5.74, 6) is 0.670. The fraction of sp³-hybridized carbons (Fsp3) is 0.333. The maximum absolute atomic E-state index is 12.3. The number of pyridine rings is 1. The molecule has 1 aliphatic rings. The van der Waals surface area contributed by atoms with Gasteiger partial charge in [0.15, 0.2) is 0 Å². The molecule has 0 N–H and O–H groups in total. The number of urea groups is 1. The average molecular weight is 283 g/mol. The molecular formula is C15H17N5O. The second-order valence-electron chi connectivity index (χ2n) is 5.78. The molecule has 2 aromatic rings. The van der Waals surface area contributed by atoms with Crippen molar-refractivity contribution >= 4 is 11.8 Å². The van der Waals surface area contributed by atoms with E-state index in [0.29, 0.717) is 12.4 Å². The van der Waals surface area contributed by atoms with Gasteiger partial charge in [-0.2, -0.15) is 10.2 Å². The van der Waals surface area contributed by atoms with Gasteiger partial charge in [0.1, 0.15) is 5.82 Å². The second kappa shape index (κ2) is 4.80. The zero-order valence-electron chi connectivity index (χ0n) is 12.3. The summed E-state index contributed by atoms with van der Waals surface area (Å²) in [6.45, 7) is 4.72. The van der Waals surface area contributed by atoms with E-state index in [1.54, 1.807) is 28.4 Å². The van der Waals surface area contributed by atoms with Gasteiger partial charge in [0.2, 0.25) is 0 Å². The predicted octanol–water partition coefficient (Wildman–Crippen LogP) is 2.19. The zero-order chi connectivity index (χ0) is 15.0. The highest BCUT2D eigenvalue weighted by molar-refractivity contribution is 5.94. The molecule has 108 valence electrons. The Morgan fingerprint density at radius 2 is 1.86 bits per heavy atom. The van der Waals surface area contributed by atoms with Crippen molar-refractivity contribution in [2.75, 3.05) is 18.5 Å². The third-order valence-corrected chi connectivity index (χ3v) is 3.91. The van der Waals surface area contributed by atoms with E-state index in [0.717, 1.165) is 11.1 Å². The summed E-state index contributed by atoms with van der Waals surface area (Å²) in [5.41, 5.74) is 1.72. The Balaban J connectivity index is 1.87. The largest absolute Gasteiger partial charge is 0.325 e. The van der Waals surface area contributed by atoms with Crippen LogP contribution >= 0.6 is 0 Å². The first-order valence-electron chi connectivity index (χ1n) is 6.77. The number of anilines is 1. The van der Waals surface area contributed by atoms with E-state index in [2.05, 4.69) is 15.2 Å². The van der Waals surface area contributed by atoms with Gasteiger partial charge in [0.05, 0.1) is 24.5 Å². The Labute approximate surface area is 123 Å². The van der Waals surface area contributed by atoms with Crippen LogP contribution in [-0.4, -0.2) is 45.2 Å². The van der Waals surface area contributed by atoms with E-state index < -0.39 is 0 Å². The highest BCUT2D eigenvalue weighted by Crippen LogP contribution is 2.28. The van der Waals surface area contributed by atoms with Crippen LogP contribution in [0.25, 0.3) is 11.1 Å². The molecule has 1 saturated heterocycles. The van der Waals surface area contributed by atoms with E-state index in [1.165, 1.54) is 0 Å². The molecule has 0 aliphatic carbocycles. The van der Waals surface area contributed by atoms with Crippen LogP contribution in [-0.2, 0) is 0 Å². The number of carbonyl (C=O) groups excluding carboxylic acids is 1. The van der Waals surface area contributed by atoms with Gasteiger partial charge in [-0.25, -0.2) is 9.78 Å². The molecular weight excluding hydrogens is 266 g/mol. The van der Waals surface area contributed by atoms with Crippen molar-refractivity contribution in [2.45, 2.75) is 19.4 Å². The SMILES string of the molecule is CN1C(=O)N(c2ccc(-c3ccnnc3)cn2)CC1(C)C. The minimum absolute atomic E-state index is 0.0224. The van der Waals surface area contributed by atoms with E-state index in [1.807, 2.05) is 39.1 Å². The van der Waals surface area contributed by atoms with Crippen LogP contribution in [0.4, 0.5) is 10.6 Å². The number of rotatable bonds is 2. The first-order valence-corrected chi connectivity index (χ1v) is 6.77. The molecule has 2 aromatic heterocycles. The third kappa shape index (κ3) is 2.33. The maximum Gasteiger partial charge on any atom is 0.325 e. The highest BCUT2D eigenvalue weighted by Gasteiger charge is 2.41. The summed E-state index contributed by atoms with van der Waals surface area (Å²) >= 11 is 0. The van der Waals surface area contributed by atoms with Gasteiger partial charge in [-0.05, 0) is 32.0 Å². The number of aromatic nitrogens is 3. The third-order valence-electron chi connectivity index (χ3n) is 3.91. The minimum atomic E-state index is -0.188. The molecule has 0 saturated carbocycles. The Morgan fingerprint density at radius 1 is 1.10 bits per heavy atom. The highest BCUT2D eigenvalue weighted by atomic mass is 16.2. The van der Waals surface area contributed by atoms with Crippen LogP contribution in [0.3, 0.4) is 0 Å². The van der Waals surface area contributed by atoms with Crippen LogP contribution in [0.5, 0.6) is 0 Å². The van der Waals surface area contributed by atoms with Crippen molar-refractivity contribution in [3.05, 3.63) is 36.8 Å². The summed E-state index contributed by atoms with van der Waals surface area (Å²) in [4.78, 5) is 20.1. The van der Waals surface area contributed by atoms with Crippen LogP contribution in [0.15, 0.2) is 36.8 Å². The standard InChI is InChI=1S/C15H17N5O/c1-15(2)10-20(14(21)19(15)3)13-5-4-11(8-16-13)12-6-7-17-18-9-12/h4-9H,10H2,1-3H3. The maximum atomic E-state index is 12.3. The van der Waals surface area contributed by atoms with Crippen molar-refractivity contribution in [1.29, 1.82) is 0 Å². The molecule has 6 heteroatoms. The minimum Gasteiger partial charge on any atom is -0.320 e. The zero-order valence-corrected chi connectivity index (χ0v) is 12.3. The number of hydrogen-bond donors (Lipinski definition) is 0. The van der Waals surface area contributed by atoms with Crippen molar-refractivity contribution in [2.24, 2.45) is 0 Å². The normalized spacial score (nSPS) is 17.4. The number of hydrogen-bond acceptors (Lipinski definition) is 4. The molecule has 0 aromatic carbocycles. The summed E-state index contributed by atoms with van der Waals surface area (Å²) in [5, 5.41) is 7.61. The van der Waals surface area contributed by atoms with Gasteiger partial charge in [-0.1, -0.05) is 0 Å². The Morgan fingerprint density at radius 3 is 2.38 bits per heavy atom. The van der Waals surface area contributed by atoms with E-state index in [4.69, 9.17) is 0 Å². The molecule has 0 bridgehead atoms. The fourth-order valence-electron chi connectivity index (χ4n) is 2.36. The van der Waals surface area contributed by atoms with Crippen molar-refractivity contribution in [1.82, 2.24) is 20.1 Å². The van der Waals surface area contributed by atoms with E-state index in [9.17, 15) is 4.79 Å². The van der Waals surface area contributed by atoms with Gasteiger partial charge < -0.3 is 4.90 Å². The number of amides is 2. The molecule has 21 heavy (non-hydrogen) atoms. The summed E-state index contributed by atoms with van der Waals surface area (Å²) < 4.78 is 0. The van der Waals surface area contributed by atoms with Gasteiger partial charge in [0, 0.05) is 24.4 Å². The van der Waals surface area contributed by atoms with E-state index >= 15 is 0 Å². The van der Waals surface area contributed by atoms with Crippen LogP contribution < -0.4 is 4.90 Å². The Kier molecular flexibility index (Phi) is 3.08. The lowest BCUT2D eigenvalue weighted by Gasteiger charge is -2.24. The topological polar surface area (TPSA) is 62.2 Å². The monoisotopic (exact) mass is 283 g/mol. The van der Waals surface area contributed by atoms with E-state index in [-0.39, 0.29) is 11.6 Å². The molecule has 1 aliphatic heterocycles. The lowest BCUT2D eigenvalue weighted by Crippen LogP contribution is -2.38. The molecule has 0 unspecified atom stereocenters. The summed E-state index contributed by atoms with van der Waals surface area (Å²) in [6, 6.07) is 5.66. The summed E-state index contributed by atoms with van der Waals surface area (Å²) in [7, 11) is 1.82. The molecule has 0 atom stereocenters. The van der Waals surface area contributed by atoms with Gasteiger partial charge >= 0.3 is 6.03 Å². The quantitative estimate of drug-likeness (QED) is 0.847. The smallest absolute Gasteiger partial charge is 0.320 e. The van der Waals surface area contributed by atoms with Gasteiger partial charge in [-0.3, -0.25) is 4.90 Å². The van der Waals surface area contributed by atoms with Crippen LogP contribution in [0, 0.1) is 0 Å². The number of likely N-dealkylation sites (N-methyl/N-ethyl adjacent to an activating group) is 1. The predicted molar refractivity (Wildman–Crippen MR) is 79.8 cm³/mol. The average Bonchev–Trinajstić information content (AvgIpc) is 2.72. The Hall–Kier alpha value is -2.50. The number of nitrogens with zero attached hydrogens (tertiary/aromatic N) is 5. The molecule has 0 spiro atoms. The first kappa shape index (κ1) is 13.5. The molecule has 1 fully saturated rings. The molecule has 0 radical (unpaired) electrons. The lowest BCUT2D eigenvalue weighted by atomic mass is 10.1. The molecule has 3 heterocycles. The lowest BCUT2D eigenvalue weighted by molar-refractivity contribution is 0.198. The van der Waals surface area contributed by atoms with Crippen LogP contribution in [0.1, 0.15) is 13.8 Å². The van der Waals surface area contributed by atoms with Gasteiger partial charge in [0.25, 0.3) is 0 Å². The molecule has 6 nitrogen and oxygen atoms in total. The fourth-order valence-corrected chi connectivity index (χ4v) is 2.36. The number of carbonyl (C=O) groups is 1. The second-order valence-corrected chi connectivity index (χ2v) is 5.78. The Bertz CT molecular complexity index is 654. The molecule has 3 rings (SSSR count). The van der Waals surface area contributed by atoms with Crippen molar-refractivity contribution in [3.63, 3.8) is 0 Å². The molecule has 2 amide bonds. The first-order chi connectivity index (χ1) is 9.99. The summed E-state index contributed by atoms with van der Waals surface area (Å²) in [6.07, 6.45) is 5.09. The van der Waals surface area contributed by atoms with Crippen molar-refractivity contribution in [3.8, 4) is 11.1 Å². The van der Waals surface area contributed by atoms with Crippen molar-refractivity contribution < 1.29 is 4.79 Å². The van der Waals surface area contributed by atoms with Crippen LogP contribution in [0.2, 0.25) is 0 Å². The van der Waals surface area contributed by atoms with Gasteiger partial charge in [-0.15, -0.1) is 0 Å².